The summed E-state index contributed by atoms with van der Waals surface area (Å²) in [5.74, 6) is 1.01. The highest BCUT2D eigenvalue weighted by atomic mass is 32.2. The van der Waals surface area contributed by atoms with Crippen LogP contribution < -0.4 is 4.74 Å². The van der Waals surface area contributed by atoms with Gasteiger partial charge in [-0.2, -0.15) is 0 Å². The summed E-state index contributed by atoms with van der Waals surface area (Å²) in [5, 5.41) is 0. The first-order valence-corrected chi connectivity index (χ1v) is 10.9. The van der Waals surface area contributed by atoms with Crippen LogP contribution in [-0.4, -0.2) is 43.0 Å². The molecule has 5 heteroatoms. The summed E-state index contributed by atoms with van der Waals surface area (Å²) in [7, 11) is 1.64. The monoisotopic (exact) mass is 397 g/mol. The molecule has 1 aliphatic rings. The maximum atomic E-state index is 13.0. The lowest BCUT2D eigenvalue weighted by atomic mass is 9.89. The van der Waals surface area contributed by atoms with Crippen molar-refractivity contribution in [2.24, 2.45) is 5.92 Å². The van der Waals surface area contributed by atoms with E-state index < -0.39 is 0 Å². The Hall–Kier alpha value is -2.27. The molecule has 3 rings (SSSR count). The van der Waals surface area contributed by atoms with E-state index in [9.17, 15) is 9.59 Å². The van der Waals surface area contributed by atoms with Crippen molar-refractivity contribution >= 4 is 23.5 Å². The van der Waals surface area contributed by atoms with Crippen LogP contribution in [0.15, 0.2) is 53.4 Å². The topological polar surface area (TPSA) is 46.6 Å². The van der Waals surface area contributed by atoms with Gasteiger partial charge in [-0.1, -0.05) is 30.3 Å². The Labute approximate surface area is 171 Å². The van der Waals surface area contributed by atoms with E-state index in [4.69, 9.17) is 4.74 Å². The van der Waals surface area contributed by atoms with E-state index in [1.54, 1.807) is 18.9 Å². The number of amides is 1. The molecular weight excluding hydrogens is 370 g/mol. The molecule has 0 spiro atoms. The van der Waals surface area contributed by atoms with Crippen LogP contribution in [0.1, 0.15) is 35.2 Å². The maximum absolute atomic E-state index is 13.0. The first kappa shape index (κ1) is 20.5. The van der Waals surface area contributed by atoms with Gasteiger partial charge in [-0.05, 0) is 49.3 Å². The summed E-state index contributed by atoms with van der Waals surface area (Å²) in [4.78, 5) is 28.6. The van der Waals surface area contributed by atoms with Crippen molar-refractivity contribution in [3.8, 4) is 5.75 Å². The number of rotatable bonds is 7. The molecule has 0 radical (unpaired) electrons. The molecule has 1 aliphatic heterocycles. The molecule has 0 saturated carbocycles. The molecule has 1 fully saturated rings. The third-order valence-electron chi connectivity index (χ3n) is 5.30. The van der Waals surface area contributed by atoms with Gasteiger partial charge in [0.1, 0.15) is 5.75 Å². The van der Waals surface area contributed by atoms with Gasteiger partial charge < -0.3 is 9.64 Å². The molecule has 0 unspecified atom stereocenters. The quantitative estimate of drug-likeness (QED) is 0.511. The van der Waals surface area contributed by atoms with E-state index in [2.05, 4.69) is 0 Å². The summed E-state index contributed by atoms with van der Waals surface area (Å²) in [6, 6.07) is 15.6. The van der Waals surface area contributed by atoms with Crippen LogP contribution >= 0.6 is 11.8 Å². The smallest absolute Gasteiger partial charge is 0.222 e. The molecule has 1 amide bonds. The molecule has 2 aromatic rings. The lowest BCUT2D eigenvalue weighted by molar-refractivity contribution is -0.132. The summed E-state index contributed by atoms with van der Waals surface area (Å²) < 4.78 is 5.17. The molecule has 1 saturated heterocycles. The van der Waals surface area contributed by atoms with Gasteiger partial charge in [-0.25, -0.2) is 0 Å². The molecule has 28 heavy (non-hydrogen) atoms. The second-order valence-corrected chi connectivity index (χ2v) is 7.94. The number of ketones is 1. The molecule has 0 aliphatic carbocycles. The number of hydrogen-bond donors (Lipinski definition) is 0. The first-order valence-electron chi connectivity index (χ1n) is 9.70. The fourth-order valence-electron chi connectivity index (χ4n) is 3.69. The molecular formula is C23H27NO3S. The van der Waals surface area contributed by atoms with Crippen molar-refractivity contribution in [2.45, 2.75) is 30.6 Å². The number of thioether (sulfide) groups is 1. The van der Waals surface area contributed by atoms with E-state index in [1.807, 2.05) is 59.7 Å². The van der Waals surface area contributed by atoms with Crippen LogP contribution in [0.4, 0.5) is 0 Å². The predicted molar refractivity (Wildman–Crippen MR) is 113 cm³/mol. The fourth-order valence-corrected chi connectivity index (χ4v) is 4.29. The average molecular weight is 398 g/mol. The Balaban J connectivity index is 1.59. The molecule has 1 heterocycles. The molecule has 4 nitrogen and oxygen atoms in total. The van der Waals surface area contributed by atoms with Gasteiger partial charge in [0.15, 0.2) is 5.78 Å². The highest BCUT2D eigenvalue weighted by Gasteiger charge is 2.29. The van der Waals surface area contributed by atoms with Gasteiger partial charge >= 0.3 is 0 Å². The minimum Gasteiger partial charge on any atom is -0.497 e. The Kier molecular flexibility index (Phi) is 7.15. The number of piperidine rings is 1. The fraction of sp³-hybridized carbons (Fsp3) is 0.391. The summed E-state index contributed by atoms with van der Waals surface area (Å²) in [6.07, 6.45) is 4.89. The molecule has 2 aromatic carbocycles. The van der Waals surface area contributed by atoms with E-state index in [1.165, 1.54) is 0 Å². The Morgan fingerprint density at radius 1 is 1.14 bits per heavy atom. The molecule has 0 aromatic heterocycles. The van der Waals surface area contributed by atoms with Crippen LogP contribution in [0.5, 0.6) is 5.75 Å². The zero-order valence-corrected chi connectivity index (χ0v) is 17.3. The van der Waals surface area contributed by atoms with Crippen molar-refractivity contribution in [3.63, 3.8) is 0 Å². The van der Waals surface area contributed by atoms with Crippen molar-refractivity contribution < 1.29 is 14.3 Å². The van der Waals surface area contributed by atoms with Crippen LogP contribution in [0.25, 0.3) is 0 Å². The number of carbonyl (C=O) groups excluding carboxylic acids is 2. The Morgan fingerprint density at radius 2 is 1.89 bits per heavy atom. The van der Waals surface area contributed by atoms with Gasteiger partial charge in [0.05, 0.1) is 7.11 Å². The van der Waals surface area contributed by atoms with Crippen molar-refractivity contribution in [1.82, 2.24) is 4.90 Å². The summed E-state index contributed by atoms with van der Waals surface area (Å²) in [5.41, 5.74) is 1.90. The van der Waals surface area contributed by atoms with Gasteiger partial charge in [0.2, 0.25) is 5.91 Å². The van der Waals surface area contributed by atoms with Crippen LogP contribution in [0, 0.1) is 5.92 Å². The van der Waals surface area contributed by atoms with Crippen molar-refractivity contribution in [3.05, 3.63) is 59.7 Å². The standard InChI is InChI=1S/C23H27NO3S/c1-27-19-12-9-17(10-13-19)11-14-22(25)24-15-5-6-18(16-24)23(26)20-7-3-4-8-21(20)28-2/h3-4,7-10,12-13,18H,5-6,11,14-16H2,1-2H3/t18-/m0/s1. The number of aryl methyl sites for hydroxylation is 1. The van der Waals surface area contributed by atoms with Gasteiger partial charge in [0, 0.05) is 35.9 Å². The van der Waals surface area contributed by atoms with Gasteiger partial charge in [-0.3, -0.25) is 9.59 Å². The number of carbonyl (C=O) groups is 2. The minimum absolute atomic E-state index is 0.105. The third kappa shape index (κ3) is 4.96. The van der Waals surface area contributed by atoms with Crippen molar-refractivity contribution in [1.29, 1.82) is 0 Å². The number of nitrogens with zero attached hydrogens (tertiary/aromatic N) is 1. The number of Topliss-reactive ketones (excluding diaryl/α,β-unsaturated/α-hetero) is 1. The Bertz CT molecular complexity index is 819. The zero-order valence-electron chi connectivity index (χ0n) is 16.5. The largest absolute Gasteiger partial charge is 0.497 e. The maximum Gasteiger partial charge on any atom is 0.222 e. The van der Waals surface area contributed by atoms with Crippen LogP contribution in [0.3, 0.4) is 0 Å². The predicted octanol–water partition coefficient (Wildman–Crippen LogP) is 4.47. The van der Waals surface area contributed by atoms with Gasteiger partial charge in [-0.15, -0.1) is 11.8 Å². The molecule has 0 N–H and O–H groups in total. The van der Waals surface area contributed by atoms with E-state index in [-0.39, 0.29) is 17.6 Å². The van der Waals surface area contributed by atoms with E-state index >= 15 is 0 Å². The minimum atomic E-state index is -0.105. The highest BCUT2D eigenvalue weighted by Crippen LogP contribution is 2.27. The first-order chi connectivity index (χ1) is 13.6. The highest BCUT2D eigenvalue weighted by molar-refractivity contribution is 7.98. The SMILES string of the molecule is COc1ccc(CCC(=O)N2CCC[C@H](C(=O)c3ccccc3SC)C2)cc1. The van der Waals surface area contributed by atoms with E-state index in [0.29, 0.717) is 19.4 Å². The lowest BCUT2D eigenvalue weighted by Gasteiger charge is -2.32. The van der Waals surface area contributed by atoms with Crippen molar-refractivity contribution in [2.75, 3.05) is 26.5 Å². The number of ether oxygens (including phenoxy) is 1. The summed E-state index contributed by atoms with van der Waals surface area (Å²) in [6.45, 7) is 1.28. The number of methoxy groups -OCH3 is 1. The average Bonchev–Trinajstić information content (AvgIpc) is 2.77. The second-order valence-electron chi connectivity index (χ2n) is 7.09. The number of likely N-dealkylation sites (tertiary alicyclic amines) is 1. The molecule has 1 atom stereocenters. The van der Waals surface area contributed by atoms with Gasteiger partial charge in [0.25, 0.3) is 0 Å². The Morgan fingerprint density at radius 3 is 2.61 bits per heavy atom. The number of benzene rings is 2. The molecule has 148 valence electrons. The molecule has 0 bridgehead atoms. The lowest BCUT2D eigenvalue weighted by Crippen LogP contribution is -2.42. The number of hydrogen-bond acceptors (Lipinski definition) is 4. The third-order valence-corrected chi connectivity index (χ3v) is 6.10. The van der Waals surface area contributed by atoms with E-state index in [0.717, 1.165) is 41.2 Å². The summed E-state index contributed by atoms with van der Waals surface area (Å²) >= 11 is 1.59. The zero-order chi connectivity index (χ0) is 19.9. The van der Waals surface area contributed by atoms with Crippen LogP contribution in [-0.2, 0) is 11.2 Å². The normalized spacial score (nSPS) is 16.6. The van der Waals surface area contributed by atoms with Crippen LogP contribution in [0.2, 0.25) is 0 Å². The second kappa shape index (κ2) is 9.78.